The molecular weight excluding hydrogens is 689 g/mol. The molecule has 5 aromatic rings. The molecule has 0 aliphatic carbocycles. The fraction of sp³-hybridized carbons (Fsp3) is 0.351. The summed E-state index contributed by atoms with van der Waals surface area (Å²) >= 11 is 0. The van der Waals surface area contributed by atoms with Crippen LogP contribution in [0.5, 0.6) is 0 Å². The number of hydrogen-bond acceptors (Lipinski definition) is 10. The fourth-order valence-corrected chi connectivity index (χ4v) is 11.5. The number of carbonyl (C=O) groups excluding carboxylic acids is 4. The van der Waals surface area contributed by atoms with Crippen molar-refractivity contribution in [2.45, 2.75) is 31.4 Å². The summed E-state index contributed by atoms with van der Waals surface area (Å²) in [6, 6.07) is 15.8. The Bertz CT molecular complexity index is 2100. The molecule has 0 saturated heterocycles. The average Bonchev–Trinajstić information content (AvgIpc) is 3.16. The molecule has 12 nitrogen and oxygen atoms in total. The lowest BCUT2D eigenvalue weighted by Crippen LogP contribution is -2.45. The number of amides is 4. The van der Waals surface area contributed by atoms with E-state index in [1.807, 2.05) is 24.3 Å². The van der Waals surface area contributed by atoms with E-state index in [0.717, 1.165) is 32.3 Å². The Morgan fingerprint density at radius 1 is 0.412 bits per heavy atom. The first-order valence-corrected chi connectivity index (χ1v) is 20.7. The van der Waals surface area contributed by atoms with E-state index in [2.05, 4.69) is 0 Å². The highest BCUT2D eigenvalue weighted by molar-refractivity contribution is 6.61. The molecule has 0 bridgehead atoms. The highest BCUT2D eigenvalue weighted by Gasteiger charge is 2.40. The van der Waals surface area contributed by atoms with Crippen LogP contribution in [-0.4, -0.2) is 107 Å². The topological polar surface area (TPSA) is 130 Å². The van der Waals surface area contributed by atoms with Crippen molar-refractivity contribution in [1.29, 1.82) is 0 Å². The maximum absolute atomic E-state index is 13.9. The Morgan fingerprint density at radius 3 is 1.02 bits per heavy atom. The van der Waals surface area contributed by atoms with Crippen LogP contribution in [0.3, 0.4) is 0 Å². The summed E-state index contributed by atoms with van der Waals surface area (Å²) < 4.78 is 33.1. The van der Waals surface area contributed by atoms with Crippen LogP contribution in [-0.2, 0) is 26.6 Å². The van der Waals surface area contributed by atoms with Crippen LogP contribution in [0.2, 0.25) is 12.1 Å². The zero-order chi connectivity index (χ0) is 36.2. The quantitative estimate of drug-likeness (QED) is 0.0425. The Hall–Kier alpha value is -4.13. The number of carbonyl (C=O) groups is 4. The molecule has 0 radical (unpaired) electrons. The van der Waals surface area contributed by atoms with Gasteiger partial charge in [0.15, 0.2) is 0 Å². The van der Waals surface area contributed by atoms with Gasteiger partial charge < -0.3 is 26.6 Å². The molecular formula is C37H40N2O10Si2. The minimum atomic E-state index is -2.88. The molecule has 4 amide bonds. The first-order valence-electron chi connectivity index (χ1n) is 16.9. The van der Waals surface area contributed by atoms with Crippen molar-refractivity contribution in [2.24, 2.45) is 0 Å². The predicted octanol–water partition coefficient (Wildman–Crippen LogP) is 5.86. The van der Waals surface area contributed by atoms with E-state index in [1.165, 1.54) is 31.1 Å². The zero-order valence-corrected chi connectivity index (χ0v) is 31.5. The second kappa shape index (κ2) is 13.4. The third-order valence-corrected chi connectivity index (χ3v) is 16.3. The molecule has 2 heterocycles. The van der Waals surface area contributed by atoms with E-state index in [1.54, 1.807) is 45.6 Å². The summed E-state index contributed by atoms with van der Waals surface area (Å²) in [4.78, 5) is 58.2. The lowest BCUT2D eigenvalue weighted by molar-refractivity contribution is 0.0591. The lowest BCUT2D eigenvalue weighted by Gasteiger charge is -2.31. The molecule has 0 N–H and O–H groups in total. The SMILES string of the molecule is CO[Si](CCCCN1C(=O)c2ccc3c4ccc5c6c(ccc(c7ccc(c2c37)C1=O)c64)C(=O)N(CCC[Si](OC)(OC)OC)C5=O)(OC)OC. The number of fused-ring (bicyclic) bond motifs is 2. The minimum Gasteiger partial charge on any atom is -0.377 e. The largest absolute Gasteiger partial charge is 0.500 e. The summed E-state index contributed by atoms with van der Waals surface area (Å²) in [5, 5.41) is 6.25. The molecule has 2 aliphatic heterocycles. The highest BCUT2D eigenvalue weighted by atomic mass is 28.4. The summed E-state index contributed by atoms with van der Waals surface area (Å²) in [6.45, 7) is 0.445. The van der Waals surface area contributed by atoms with Crippen molar-refractivity contribution >= 4 is 84.3 Å². The number of benzene rings is 5. The van der Waals surface area contributed by atoms with Crippen LogP contribution in [0.15, 0.2) is 48.5 Å². The Balaban J connectivity index is 1.25. The van der Waals surface area contributed by atoms with Crippen LogP contribution >= 0.6 is 0 Å². The summed E-state index contributed by atoms with van der Waals surface area (Å²) in [6.07, 6.45) is 1.69. The molecule has 5 aromatic carbocycles. The maximum Gasteiger partial charge on any atom is 0.500 e. The molecule has 0 fully saturated rings. The van der Waals surface area contributed by atoms with E-state index in [-0.39, 0.29) is 36.7 Å². The third kappa shape index (κ3) is 5.32. The number of hydrogen-bond donors (Lipinski definition) is 0. The minimum absolute atomic E-state index is 0.190. The van der Waals surface area contributed by atoms with Gasteiger partial charge in [-0.15, -0.1) is 0 Å². The standard InChI is InChI=1S/C37H40N2O10Si2/c1-44-50(45-2,46-3)20-8-7-18-38-34(40)26-14-10-22-24-12-16-28-33-29(37(43)39(36(28)42)19-9-21-51(47-4,48-5)49-6)17-13-25(31(24)33)23-11-15-27(35(38)41)32(26)30(22)23/h10-17H,7-9,18-21H2,1-6H3. The fourth-order valence-electron chi connectivity index (χ4n) is 7.95. The van der Waals surface area contributed by atoms with Gasteiger partial charge >= 0.3 is 17.6 Å². The highest BCUT2D eigenvalue weighted by Crippen LogP contribution is 2.46. The van der Waals surface area contributed by atoms with E-state index in [9.17, 15) is 19.2 Å². The van der Waals surface area contributed by atoms with E-state index >= 15 is 0 Å². The van der Waals surface area contributed by atoms with Gasteiger partial charge in [0.2, 0.25) is 0 Å². The number of rotatable bonds is 15. The third-order valence-electron chi connectivity index (χ3n) is 10.6. The van der Waals surface area contributed by atoms with Crippen molar-refractivity contribution in [3.63, 3.8) is 0 Å². The van der Waals surface area contributed by atoms with Gasteiger partial charge in [0.05, 0.1) is 0 Å². The van der Waals surface area contributed by atoms with Crippen molar-refractivity contribution in [1.82, 2.24) is 9.80 Å². The van der Waals surface area contributed by atoms with Gasteiger partial charge in [0.1, 0.15) is 0 Å². The van der Waals surface area contributed by atoms with Gasteiger partial charge in [-0.25, -0.2) is 0 Å². The van der Waals surface area contributed by atoms with Crippen molar-refractivity contribution in [2.75, 3.05) is 55.7 Å². The van der Waals surface area contributed by atoms with Crippen LogP contribution < -0.4 is 0 Å². The Kier molecular flexibility index (Phi) is 9.31. The maximum atomic E-state index is 13.9. The Labute approximate surface area is 297 Å². The molecule has 266 valence electrons. The summed E-state index contributed by atoms with van der Waals surface area (Å²) in [5.41, 5.74) is 1.85. The van der Waals surface area contributed by atoms with Gasteiger partial charge in [0.25, 0.3) is 23.6 Å². The number of unbranched alkanes of at least 4 members (excludes halogenated alkanes) is 1. The second-order valence-electron chi connectivity index (χ2n) is 12.8. The molecule has 0 unspecified atom stereocenters. The van der Waals surface area contributed by atoms with Crippen molar-refractivity contribution in [3.8, 4) is 0 Å². The number of nitrogens with zero attached hydrogens (tertiary/aromatic N) is 2. The molecule has 51 heavy (non-hydrogen) atoms. The monoisotopic (exact) mass is 728 g/mol. The smallest absolute Gasteiger partial charge is 0.377 e. The van der Waals surface area contributed by atoms with E-state index in [4.69, 9.17) is 26.6 Å². The predicted molar refractivity (Wildman–Crippen MR) is 195 cm³/mol. The van der Waals surface area contributed by atoms with E-state index in [0.29, 0.717) is 64.4 Å². The van der Waals surface area contributed by atoms with Crippen molar-refractivity contribution < 1.29 is 45.7 Å². The van der Waals surface area contributed by atoms with Crippen molar-refractivity contribution in [3.05, 3.63) is 70.8 Å². The lowest BCUT2D eigenvalue weighted by atomic mass is 9.82. The first-order chi connectivity index (χ1) is 24.6. The summed E-state index contributed by atoms with van der Waals surface area (Å²) in [5.74, 6) is -1.39. The van der Waals surface area contributed by atoms with Gasteiger partial charge in [-0.1, -0.05) is 24.3 Å². The van der Waals surface area contributed by atoms with Gasteiger partial charge in [0, 0.05) is 101 Å². The van der Waals surface area contributed by atoms with Crippen LogP contribution in [0.4, 0.5) is 0 Å². The molecule has 0 saturated carbocycles. The molecule has 0 aromatic heterocycles. The van der Waals surface area contributed by atoms with Gasteiger partial charge in [-0.2, -0.15) is 0 Å². The van der Waals surface area contributed by atoms with Crippen LogP contribution in [0.25, 0.3) is 43.1 Å². The van der Waals surface area contributed by atoms with Gasteiger partial charge in [-0.3, -0.25) is 29.0 Å². The molecule has 0 spiro atoms. The normalized spacial score (nSPS) is 15.2. The van der Waals surface area contributed by atoms with Gasteiger partial charge in [-0.05, 0) is 75.8 Å². The second-order valence-corrected chi connectivity index (χ2v) is 19.0. The van der Waals surface area contributed by atoms with Crippen LogP contribution in [0.1, 0.15) is 60.7 Å². The summed E-state index contributed by atoms with van der Waals surface area (Å²) in [7, 11) is 3.65. The Morgan fingerprint density at radius 2 is 0.706 bits per heavy atom. The molecule has 7 rings (SSSR count). The number of imide groups is 2. The van der Waals surface area contributed by atoms with Crippen LogP contribution in [0, 0.1) is 0 Å². The molecule has 0 atom stereocenters. The van der Waals surface area contributed by atoms with E-state index < -0.39 is 17.6 Å². The molecule has 14 heteroatoms. The zero-order valence-electron chi connectivity index (χ0n) is 29.5. The molecule has 2 aliphatic rings. The average molecular weight is 729 g/mol. The first kappa shape index (κ1) is 35.3.